The molecule has 0 bridgehead atoms. The van der Waals surface area contributed by atoms with E-state index < -0.39 is 0 Å². The molecule has 1 heterocycles. The van der Waals surface area contributed by atoms with Gasteiger partial charge in [-0.3, -0.25) is 0 Å². The maximum absolute atomic E-state index is 2.42. The SMILES string of the molecule is ICCCc1cccs1. The largest absolute Gasteiger partial charge is 0.149 e. The second-order valence-electron chi connectivity index (χ2n) is 1.87. The third-order valence-electron chi connectivity index (χ3n) is 1.14. The van der Waals surface area contributed by atoms with Gasteiger partial charge in [0, 0.05) is 4.88 Å². The van der Waals surface area contributed by atoms with Crippen LogP contribution in [0, 0.1) is 0 Å². The molecule has 0 atom stereocenters. The van der Waals surface area contributed by atoms with Crippen molar-refractivity contribution in [3.05, 3.63) is 22.4 Å². The summed E-state index contributed by atoms with van der Waals surface area (Å²) in [6.45, 7) is 0. The van der Waals surface area contributed by atoms with Crippen LogP contribution in [0.25, 0.3) is 0 Å². The Balaban J connectivity index is 2.30. The molecule has 0 aliphatic carbocycles. The summed E-state index contributed by atoms with van der Waals surface area (Å²) in [6, 6.07) is 4.32. The minimum absolute atomic E-state index is 1.26. The first-order valence-corrected chi connectivity index (χ1v) is 5.42. The summed E-state index contributed by atoms with van der Waals surface area (Å²) in [5.74, 6) is 0. The van der Waals surface area contributed by atoms with Gasteiger partial charge in [-0.05, 0) is 28.7 Å². The monoisotopic (exact) mass is 252 g/mol. The van der Waals surface area contributed by atoms with Crippen molar-refractivity contribution in [2.75, 3.05) is 4.43 Å². The van der Waals surface area contributed by atoms with Gasteiger partial charge >= 0.3 is 0 Å². The molecule has 2 heteroatoms. The molecule has 1 aromatic heterocycles. The van der Waals surface area contributed by atoms with Gasteiger partial charge in [0.25, 0.3) is 0 Å². The molecule has 0 N–H and O–H groups in total. The Hall–Kier alpha value is 0.430. The summed E-state index contributed by atoms with van der Waals surface area (Å²) >= 11 is 4.28. The Kier molecular flexibility index (Phi) is 3.58. The number of alkyl halides is 1. The lowest BCUT2D eigenvalue weighted by molar-refractivity contribution is 0.966. The van der Waals surface area contributed by atoms with Crippen molar-refractivity contribution < 1.29 is 0 Å². The molecule has 9 heavy (non-hydrogen) atoms. The lowest BCUT2D eigenvalue weighted by Crippen LogP contribution is -1.78. The minimum Gasteiger partial charge on any atom is -0.149 e. The van der Waals surface area contributed by atoms with Crippen molar-refractivity contribution >= 4 is 33.9 Å². The van der Waals surface area contributed by atoms with Gasteiger partial charge in [0.05, 0.1) is 0 Å². The number of hydrogen-bond acceptors (Lipinski definition) is 1. The highest BCUT2D eigenvalue weighted by Crippen LogP contribution is 2.11. The van der Waals surface area contributed by atoms with Crippen molar-refractivity contribution in [3.63, 3.8) is 0 Å². The van der Waals surface area contributed by atoms with Crippen LogP contribution in [-0.2, 0) is 6.42 Å². The number of thiophene rings is 1. The van der Waals surface area contributed by atoms with Crippen molar-refractivity contribution in [1.29, 1.82) is 0 Å². The highest BCUT2D eigenvalue weighted by molar-refractivity contribution is 14.1. The van der Waals surface area contributed by atoms with E-state index in [9.17, 15) is 0 Å². The van der Waals surface area contributed by atoms with Crippen LogP contribution < -0.4 is 0 Å². The van der Waals surface area contributed by atoms with E-state index in [1.54, 1.807) is 0 Å². The Morgan fingerprint density at radius 3 is 3.00 bits per heavy atom. The summed E-state index contributed by atoms with van der Waals surface area (Å²) in [4.78, 5) is 1.52. The van der Waals surface area contributed by atoms with Crippen LogP contribution in [0.1, 0.15) is 11.3 Å². The fourth-order valence-corrected chi connectivity index (χ4v) is 1.83. The standard InChI is InChI=1S/C7H9IS/c8-5-1-3-7-4-2-6-9-7/h2,4,6H,1,3,5H2. The summed E-state index contributed by atoms with van der Waals surface area (Å²) in [7, 11) is 0. The molecule has 0 spiro atoms. The highest BCUT2D eigenvalue weighted by atomic mass is 127. The van der Waals surface area contributed by atoms with E-state index in [-0.39, 0.29) is 0 Å². The molecular formula is C7H9IS. The second-order valence-corrected chi connectivity index (χ2v) is 3.98. The van der Waals surface area contributed by atoms with Crippen LogP contribution in [0.4, 0.5) is 0 Å². The molecule has 0 nitrogen and oxygen atoms in total. The predicted molar refractivity (Wildman–Crippen MR) is 51.5 cm³/mol. The van der Waals surface area contributed by atoms with Crippen LogP contribution in [0.15, 0.2) is 17.5 Å². The average Bonchev–Trinajstić information content (AvgIpc) is 2.34. The van der Waals surface area contributed by atoms with Crippen molar-refractivity contribution in [1.82, 2.24) is 0 Å². The first-order chi connectivity index (χ1) is 4.43. The third kappa shape index (κ3) is 2.67. The highest BCUT2D eigenvalue weighted by Gasteiger charge is 1.90. The van der Waals surface area contributed by atoms with E-state index in [0.717, 1.165) is 0 Å². The molecule has 1 aromatic rings. The van der Waals surface area contributed by atoms with Crippen molar-refractivity contribution in [3.8, 4) is 0 Å². The summed E-state index contributed by atoms with van der Waals surface area (Å²) in [5, 5.41) is 2.14. The van der Waals surface area contributed by atoms with Gasteiger partial charge in [-0.25, -0.2) is 0 Å². The van der Waals surface area contributed by atoms with E-state index in [2.05, 4.69) is 40.1 Å². The number of hydrogen-bond donors (Lipinski definition) is 0. The zero-order valence-corrected chi connectivity index (χ0v) is 8.11. The van der Waals surface area contributed by atoms with Gasteiger partial charge in [0.2, 0.25) is 0 Å². The Bertz CT molecular complexity index is 146. The van der Waals surface area contributed by atoms with Gasteiger partial charge < -0.3 is 0 Å². The number of halogens is 1. The Morgan fingerprint density at radius 2 is 2.44 bits per heavy atom. The fraction of sp³-hybridized carbons (Fsp3) is 0.429. The van der Waals surface area contributed by atoms with Gasteiger partial charge in [0.15, 0.2) is 0 Å². The molecule has 0 fully saturated rings. The van der Waals surface area contributed by atoms with E-state index >= 15 is 0 Å². The average molecular weight is 252 g/mol. The smallest absolute Gasteiger partial charge is 0.00454 e. The number of aryl methyl sites for hydroxylation is 1. The van der Waals surface area contributed by atoms with Gasteiger partial charge in [0.1, 0.15) is 0 Å². The zero-order valence-electron chi connectivity index (χ0n) is 5.14. The van der Waals surface area contributed by atoms with Crippen LogP contribution in [0.3, 0.4) is 0 Å². The molecule has 0 aromatic carbocycles. The quantitative estimate of drug-likeness (QED) is 0.572. The zero-order chi connectivity index (χ0) is 6.53. The topological polar surface area (TPSA) is 0 Å². The molecule has 0 amide bonds. The number of rotatable bonds is 3. The van der Waals surface area contributed by atoms with E-state index in [4.69, 9.17) is 0 Å². The van der Waals surface area contributed by atoms with Crippen LogP contribution in [0.2, 0.25) is 0 Å². The molecular weight excluding hydrogens is 243 g/mol. The Labute approximate surface area is 73.4 Å². The predicted octanol–water partition coefficient (Wildman–Crippen LogP) is 3.12. The lowest BCUT2D eigenvalue weighted by Gasteiger charge is -1.89. The van der Waals surface area contributed by atoms with E-state index in [0.29, 0.717) is 0 Å². The molecule has 0 aliphatic heterocycles. The summed E-state index contributed by atoms with van der Waals surface area (Å²) in [5.41, 5.74) is 0. The second kappa shape index (κ2) is 4.28. The molecule has 1 rings (SSSR count). The van der Waals surface area contributed by atoms with Gasteiger partial charge in [-0.2, -0.15) is 0 Å². The third-order valence-corrected chi connectivity index (χ3v) is 2.84. The van der Waals surface area contributed by atoms with E-state index in [1.165, 1.54) is 22.1 Å². The molecule has 50 valence electrons. The fourth-order valence-electron chi connectivity index (χ4n) is 0.696. The lowest BCUT2D eigenvalue weighted by atomic mass is 10.3. The molecule has 0 aliphatic rings. The van der Waals surface area contributed by atoms with E-state index in [1.807, 2.05) is 11.3 Å². The molecule has 0 radical (unpaired) electrons. The molecule has 0 saturated carbocycles. The minimum atomic E-state index is 1.26. The van der Waals surface area contributed by atoms with Crippen LogP contribution >= 0.6 is 33.9 Å². The Morgan fingerprint density at radius 1 is 1.56 bits per heavy atom. The first kappa shape index (κ1) is 7.54. The van der Waals surface area contributed by atoms with Gasteiger partial charge in [-0.1, -0.05) is 28.7 Å². The normalized spacial score (nSPS) is 9.89. The maximum Gasteiger partial charge on any atom is 0.00454 e. The summed E-state index contributed by atoms with van der Waals surface area (Å²) in [6.07, 6.45) is 2.58. The van der Waals surface area contributed by atoms with Crippen molar-refractivity contribution in [2.24, 2.45) is 0 Å². The van der Waals surface area contributed by atoms with Gasteiger partial charge in [-0.15, -0.1) is 11.3 Å². The molecule has 0 unspecified atom stereocenters. The maximum atomic E-state index is 2.42. The molecule has 0 saturated heterocycles. The van der Waals surface area contributed by atoms with Crippen LogP contribution in [-0.4, -0.2) is 4.43 Å². The van der Waals surface area contributed by atoms with Crippen LogP contribution in [0.5, 0.6) is 0 Å². The van der Waals surface area contributed by atoms with Crippen molar-refractivity contribution in [2.45, 2.75) is 12.8 Å². The first-order valence-electron chi connectivity index (χ1n) is 3.02. The summed E-state index contributed by atoms with van der Waals surface area (Å²) < 4.78 is 1.27.